The number of anilines is 1. The number of aryl methyl sites for hydroxylation is 1. The van der Waals surface area contributed by atoms with Gasteiger partial charge >= 0.3 is 0 Å². The molecule has 1 amide bonds. The summed E-state index contributed by atoms with van der Waals surface area (Å²) in [5.41, 5.74) is 1.37. The first-order valence-corrected chi connectivity index (χ1v) is 5.68. The Kier molecular flexibility index (Phi) is 3.58. The maximum absolute atomic E-state index is 11.9. The monoisotopic (exact) mass is 265 g/mol. The van der Waals surface area contributed by atoms with Crippen LogP contribution in [0, 0.1) is 6.92 Å². The zero-order valence-corrected chi connectivity index (χ0v) is 10.7. The minimum absolute atomic E-state index is 0.293. The number of amides is 1. The van der Waals surface area contributed by atoms with Gasteiger partial charge in [-0.2, -0.15) is 0 Å². The summed E-state index contributed by atoms with van der Waals surface area (Å²) in [6, 6.07) is 6.75. The third kappa shape index (κ3) is 2.49. The van der Waals surface area contributed by atoms with Gasteiger partial charge in [-0.1, -0.05) is 11.6 Å². The van der Waals surface area contributed by atoms with Gasteiger partial charge in [0.15, 0.2) is 5.76 Å². The van der Waals surface area contributed by atoms with Gasteiger partial charge in [-0.3, -0.25) is 4.79 Å². The lowest BCUT2D eigenvalue weighted by molar-refractivity contribution is 0.0996. The molecule has 0 saturated carbocycles. The van der Waals surface area contributed by atoms with Gasteiger partial charge in [0.05, 0.1) is 18.4 Å². The van der Waals surface area contributed by atoms with Crippen LogP contribution in [0.1, 0.15) is 16.1 Å². The molecule has 0 fully saturated rings. The first-order chi connectivity index (χ1) is 8.61. The largest absolute Gasteiger partial charge is 0.495 e. The molecule has 4 nitrogen and oxygen atoms in total. The van der Waals surface area contributed by atoms with E-state index in [9.17, 15) is 4.79 Å². The van der Waals surface area contributed by atoms with Crippen LogP contribution in [0.4, 0.5) is 5.69 Å². The molecule has 1 heterocycles. The Labute approximate surface area is 110 Å². The van der Waals surface area contributed by atoms with Crippen LogP contribution in [0.2, 0.25) is 5.02 Å². The molecule has 94 valence electrons. The van der Waals surface area contributed by atoms with E-state index in [0.717, 1.165) is 5.56 Å². The van der Waals surface area contributed by atoms with Gasteiger partial charge in [0.25, 0.3) is 5.91 Å². The third-order valence-corrected chi connectivity index (χ3v) is 2.77. The van der Waals surface area contributed by atoms with E-state index >= 15 is 0 Å². The molecule has 5 heteroatoms. The number of methoxy groups -OCH3 is 1. The Bertz CT molecular complexity index is 577. The van der Waals surface area contributed by atoms with Gasteiger partial charge in [-0.25, -0.2) is 0 Å². The number of carbonyl (C=O) groups excluding carboxylic acids is 1. The molecule has 0 radical (unpaired) electrons. The summed E-state index contributed by atoms with van der Waals surface area (Å²) in [4.78, 5) is 11.9. The number of halogens is 1. The minimum Gasteiger partial charge on any atom is -0.495 e. The van der Waals surface area contributed by atoms with Crippen molar-refractivity contribution in [3.8, 4) is 5.75 Å². The first kappa shape index (κ1) is 12.5. The second kappa shape index (κ2) is 5.14. The number of ether oxygens (including phenoxy) is 1. The summed E-state index contributed by atoms with van der Waals surface area (Å²) < 4.78 is 10.1. The molecule has 0 spiro atoms. The van der Waals surface area contributed by atoms with E-state index in [4.69, 9.17) is 20.8 Å². The molecular weight excluding hydrogens is 254 g/mol. The van der Waals surface area contributed by atoms with Crippen molar-refractivity contribution in [3.63, 3.8) is 0 Å². The summed E-state index contributed by atoms with van der Waals surface area (Å²) in [6.45, 7) is 1.80. The average molecular weight is 266 g/mol. The Balaban J connectivity index is 2.17. The van der Waals surface area contributed by atoms with Crippen molar-refractivity contribution in [1.29, 1.82) is 0 Å². The molecular formula is C13H12ClNO3. The van der Waals surface area contributed by atoms with Crippen molar-refractivity contribution in [3.05, 3.63) is 46.9 Å². The van der Waals surface area contributed by atoms with Crippen LogP contribution < -0.4 is 10.1 Å². The fourth-order valence-electron chi connectivity index (χ4n) is 1.54. The second-order valence-electron chi connectivity index (χ2n) is 3.74. The Morgan fingerprint density at radius 2 is 2.17 bits per heavy atom. The molecule has 0 aliphatic carbocycles. The highest BCUT2D eigenvalue weighted by Gasteiger charge is 2.13. The summed E-state index contributed by atoms with van der Waals surface area (Å²) in [6.07, 6.45) is 1.48. The number of nitrogens with one attached hydrogen (secondary N) is 1. The Morgan fingerprint density at radius 3 is 2.72 bits per heavy atom. The SMILES string of the molecule is COc1ccc(NC(=O)c2occc2C)cc1Cl. The molecule has 2 rings (SSSR count). The highest BCUT2D eigenvalue weighted by molar-refractivity contribution is 6.32. The fraction of sp³-hybridized carbons (Fsp3) is 0.154. The van der Waals surface area contributed by atoms with Crippen LogP contribution in [0.3, 0.4) is 0 Å². The number of carbonyl (C=O) groups is 1. The highest BCUT2D eigenvalue weighted by atomic mass is 35.5. The van der Waals surface area contributed by atoms with E-state index in [1.54, 1.807) is 31.2 Å². The van der Waals surface area contributed by atoms with Crippen molar-refractivity contribution >= 4 is 23.2 Å². The molecule has 0 saturated heterocycles. The van der Waals surface area contributed by atoms with Crippen LogP contribution in [-0.2, 0) is 0 Å². The standard InChI is InChI=1S/C13H12ClNO3/c1-8-5-6-18-12(8)13(16)15-9-3-4-11(17-2)10(14)7-9/h3-7H,1-2H3,(H,15,16). The number of rotatable bonds is 3. The minimum atomic E-state index is -0.307. The smallest absolute Gasteiger partial charge is 0.291 e. The third-order valence-electron chi connectivity index (χ3n) is 2.48. The molecule has 0 aliphatic rings. The fourth-order valence-corrected chi connectivity index (χ4v) is 1.80. The normalized spacial score (nSPS) is 10.2. The molecule has 1 aromatic carbocycles. The van der Waals surface area contributed by atoms with E-state index in [1.165, 1.54) is 13.4 Å². The zero-order chi connectivity index (χ0) is 13.1. The molecule has 0 bridgehead atoms. The molecule has 2 aromatic rings. The Hall–Kier alpha value is -1.94. The summed E-state index contributed by atoms with van der Waals surface area (Å²) >= 11 is 5.97. The van der Waals surface area contributed by atoms with Crippen LogP contribution in [0.5, 0.6) is 5.75 Å². The van der Waals surface area contributed by atoms with Crippen molar-refractivity contribution in [2.75, 3.05) is 12.4 Å². The lowest BCUT2D eigenvalue weighted by Crippen LogP contribution is -2.12. The van der Waals surface area contributed by atoms with E-state index in [-0.39, 0.29) is 5.91 Å². The van der Waals surface area contributed by atoms with Crippen LogP contribution in [-0.4, -0.2) is 13.0 Å². The molecule has 0 unspecified atom stereocenters. The predicted molar refractivity (Wildman–Crippen MR) is 69.4 cm³/mol. The van der Waals surface area contributed by atoms with E-state index in [1.807, 2.05) is 0 Å². The maximum atomic E-state index is 11.9. The zero-order valence-electron chi connectivity index (χ0n) is 9.99. The molecule has 1 N–H and O–H groups in total. The van der Waals surface area contributed by atoms with Crippen LogP contribution in [0.25, 0.3) is 0 Å². The summed E-state index contributed by atoms with van der Waals surface area (Å²) in [5.74, 6) is 0.546. The molecule has 1 aromatic heterocycles. The highest BCUT2D eigenvalue weighted by Crippen LogP contribution is 2.27. The number of hydrogen-bond acceptors (Lipinski definition) is 3. The van der Waals surface area contributed by atoms with Gasteiger partial charge in [0.2, 0.25) is 0 Å². The van der Waals surface area contributed by atoms with Gasteiger partial charge < -0.3 is 14.5 Å². The summed E-state index contributed by atoms with van der Waals surface area (Å²) in [5, 5.41) is 3.14. The molecule has 18 heavy (non-hydrogen) atoms. The average Bonchev–Trinajstić information content (AvgIpc) is 2.76. The number of benzene rings is 1. The summed E-state index contributed by atoms with van der Waals surface area (Å²) in [7, 11) is 1.53. The maximum Gasteiger partial charge on any atom is 0.291 e. The lowest BCUT2D eigenvalue weighted by Gasteiger charge is -2.07. The molecule has 0 atom stereocenters. The van der Waals surface area contributed by atoms with Crippen LogP contribution >= 0.6 is 11.6 Å². The molecule has 0 aliphatic heterocycles. The van der Waals surface area contributed by atoms with Crippen molar-refractivity contribution < 1.29 is 13.9 Å². The van der Waals surface area contributed by atoms with E-state index < -0.39 is 0 Å². The van der Waals surface area contributed by atoms with E-state index in [0.29, 0.717) is 22.2 Å². The van der Waals surface area contributed by atoms with Crippen molar-refractivity contribution in [2.45, 2.75) is 6.92 Å². The first-order valence-electron chi connectivity index (χ1n) is 5.31. The lowest BCUT2D eigenvalue weighted by atomic mass is 10.2. The number of furan rings is 1. The van der Waals surface area contributed by atoms with Gasteiger partial charge in [0.1, 0.15) is 5.75 Å². The van der Waals surface area contributed by atoms with Crippen LogP contribution in [0.15, 0.2) is 34.9 Å². The van der Waals surface area contributed by atoms with Crippen molar-refractivity contribution in [1.82, 2.24) is 0 Å². The topological polar surface area (TPSA) is 51.5 Å². The van der Waals surface area contributed by atoms with Crippen molar-refractivity contribution in [2.24, 2.45) is 0 Å². The van der Waals surface area contributed by atoms with Gasteiger partial charge in [-0.15, -0.1) is 0 Å². The second-order valence-corrected chi connectivity index (χ2v) is 4.14. The quantitative estimate of drug-likeness (QED) is 0.924. The predicted octanol–water partition coefficient (Wildman–Crippen LogP) is 3.50. The van der Waals surface area contributed by atoms with E-state index in [2.05, 4.69) is 5.32 Å². The Morgan fingerprint density at radius 1 is 1.39 bits per heavy atom. The van der Waals surface area contributed by atoms with Gasteiger partial charge in [0, 0.05) is 11.3 Å². The number of hydrogen-bond donors (Lipinski definition) is 1. The van der Waals surface area contributed by atoms with Gasteiger partial charge in [-0.05, 0) is 31.2 Å².